The van der Waals surface area contributed by atoms with E-state index in [1.807, 2.05) is 6.07 Å². The van der Waals surface area contributed by atoms with Gasteiger partial charge < -0.3 is 10.5 Å². The number of hydrogen-bond donors (Lipinski definition) is 1. The zero-order valence-electron chi connectivity index (χ0n) is 10.6. The molecule has 0 heterocycles. The van der Waals surface area contributed by atoms with Crippen molar-refractivity contribution in [2.24, 2.45) is 5.73 Å². The van der Waals surface area contributed by atoms with E-state index in [9.17, 15) is 0 Å². The highest BCUT2D eigenvalue weighted by Gasteiger charge is 2.40. The maximum atomic E-state index is 6.23. The van der Waals surface area contributed by atoms with Gasteiger partial charge in [0.05, 0.1) is 7.11 Å². The van der Waals surface area contributed by atoms with Crippen LogP contribution in [-0.4, -0.2) is 7.11 Å². The quantitative estimate of drug-likeness (QED) is 0.830. The van der Waals surface area contributed by atoms with Crippen LogP contribution in [0.4, 0.5) is 0 Å². The highest BCUT2D eigenvalue weighted by molar-refractivity contribution is 5.45. The van der Waals surface area contributed by atoms with Crippen LogP contribution in [0, 0.1) is 0 Å². The van der Waals surface area contributed by atoms with Crippen LogP contribution in [0.25, 0.3) is 0 Å². The van der Waals surface area contributed by atoms with Gasteiger partial charge in [-0.3, -0.25) is 0 Å². The van der Waals surface area contributed by atoms with Crippen LogP contribution >= 0.6 is 0 Å². The number of rotatable bonds is 2. The van der Waals surface area contributed by atoms with Crippen molar-refractivity contribution in [2.75, 3.05) is 7.11 Å². The summed E-state index contributed by atoms with van der Waals surface area (Å²) < 4.78 is 5.42. The minimum atomic E-state index is -0.0632. The van der Waals surface area contributed by atoms with E-state index < -0.39 is 0 Å². The number of benzene rings is 1. The summed E-state index contributed by atoms with van der Waals surface area (Å²) in [5.41, 5.74) is 8.75. The molecule has 0 unspecified atom stereocenters. The van der Waals surface area contributed by atoms with Crippen molar-refractivity contribution >= 4 is 0 Å². The minimum absolute atomic E-state index is 0.0632. The normalized spacial score (nSPS) is 18.3. The molecule has 0 bridgehead atoms. The Balaban J connectivity index is 2.47. The Morgan fingerprint density at radius 3 is 2.31 bits per heavy atom. The third-order valence-corrected chi connectivity index (χ3v) is 3.37. The standard InChI is InChI=1S/C14H21NO/c1-13(2,3)11-9-10(14(15)7-8-14)5-6-12(11)16-4/h5-6,9H,7-8,15H2,1-4H3. The molecule has 1 aliphatic carbocycles. The third kappa shape index (κ3) is 1.94. The average molecular weight is 219 g/mol. The summed E-state index contributed by atoms with van der Waals surface area (Å²) in [5.74, 6) is 0.959. The molecule has 1 saturated carbocycles. The molecule has 1 aliphatic rings. The molecule has 88 valence electrons. The summed E-state index contributed by atoms with van der Waals surface area (Å²) >= 11 is 0. The Labute approximate surface area is 97.8 Å². The van der Waals surface area contributed by atoms with E-state index in [-0.39, 0.29) is 11.0 Å². The first-order chi connectivity index (χ1) is 7.37. The molecule has 0 radical (unpaired) electrons. The van der Waals surface area contributed by atoms with Crippen LogP contribution in [0.2, 0.25) is 0 Å². The summed E-state index contributed by atoms with van der Waals surface area (Å²) in [4.78, 5) is 0. The van der Waals surface area contributed by atoms with E-state index in [0.29, 0.717) is 0 Å². The van der Waals surface area contributed by atoms with E-state index in [4.69, 9.17) is 10.5 Å². The van der Waals surface area contributed by atoms with Gasteiger partial charge in [0.15, 0.2) is 0 Å². The lowest BCUT2D eigenvalue weighted by Crippen LogP contribution is -2.21. The number of ether oxygens (including phenoxy) is 1. The molecule has 1 aromatic rings. The van der Waals surface area contributed by atoms with Gasteiger partial charge in [0.2, 0.25) is 0 Å². The molecular formula is C14H21NO. The molecule has 0 saturated heterocycles. The molecule has 16 heavy (non-hydrogen) atoms. The molecule has 2 heteroatoms. The Bertz CT molecular complexity index is 400. The molecule has 1 fully saturated rings. The molecule has 0 aromatic heterocycles. The third-order valence-electron chi connectivity index (χ3n) is 3.37. The molecule has 2 N–H and O–H groups in total. The SMILES string of the molecule is COc1ccc(C2(N)CC2)cc1C(C)(C)C. The second-order valence-electron chi connectivity index (χ2n) is 5.82. The molecule has 0 spiro atoms. The first-order valence-electron chi connectivity index (χ1n) is 5.85. The van der Waals surface area contributed by atoms with Crippen molar-refractivity contribution in [2.45, 2.75) is 44.6 Å². The van der Waals surface area contributed by atoms with Gasteiger partial charge >= 0.3 is 0 Å². The van der Waals surface area contributed by atoms with Gasteiger partial charge in [-0.2, -0.15) is 0 Å². The number of nitrogens with two attached hydrogens (primary N) is 1. The second-order valence-corrected chi connectivity index (χ2v) is 5.82. The summed E-state index contributed by atoms with van der Waals surface area (Å²) in [6, 6.07) is 6.36. The van der Waals surface area contributed by atoms with Crippen molar-refractivity contribution in [1.82, 2.24) is 0 Å². The van der Waals surface area contributed by atoms with Gasteiger partial charge in [-0.1, -0.05) is 26.8 Å². The largest absolute Gasteiger partial charge is 0.496 e. The van der Waals surface area contributed by atoms with Gasteiger partial charge in [-0.05, 0) is 41.5 Å². The van der Waals surface area contributed by atoms with Crippen molar-refractivity contribution in [3.63, 3.8) is 0 Å². The zero-order valence-corrected chi connectivity index (χ0v) is 10.6. The zero-order chi connectivity index (χ0) is 12.0. The minimum Gasteiger partial charge on any atom is -0.496 e. The molecule has 2 rings (SSSR count). The maximum Gasteiger partial charge on any atom is 0.122 e. The Hall–Kier alpha value is -1.02. The lowest BCUT2D eigenvalue weighted by molar-refractivity contribution is 0.397. The van der Waals surface area contributed by atoms with Crippen LogP contribution in [0.15, 0.2) is 18.2 Å². The highest BCUT2D eigenvalue weighted by Crippen LogP contribution is 2.45. The van der Waals surface area contributed by atoms with E-state index in [1.165, 1.54) is 11.1 Å². The molecule has 0 atom stereocenters. The predicted molar refractivity (Wildman–Crippen MR) is 66.8 cm³/mol. The average Bonchev–Trinajstić information content (AvgIpc) is 2.95. The van der Waals surface area contributed by atoms with Crippen LogP contribution in [-0.2, 0) is 11.0 Å². The molecular weight excluding hydrogens is 198 g/mol. The topological polar surface area (TPSA) is 35.2 Å². The van der Waals surface area contributed by atoms with Gasteiger partial charge in [0, 0.05) is 5.54 Å². The Morgan fingerprint density at radius 1 is 1.25 bits per heavy atom. The van der Waals surface area contributed by atoms with Crippen molar-refractivity contribution in [3.8, 4) is 5.75 Å². The maximum absolute atomic E-state index is 6.23. The number of hydrogen-bond acceptors (Lipinski definition) is 2. The Kier molecular flexibility index (Phi) is 2.50. The number of methoxy groups -OCH3 is 1. The molecule has 0 amide bonds. The fourth-order valence-electron chi connectivity index (χ4n) is 2.03. The second kappa shape index (κ2) is 3.49. The van der Waals surface area contributed by atoms with Crippen LogP contribution < -0.4 is 10.5 Å². The van der Waals surface area contributed by atoms with Crippen LogP contribution in [0.1, 0.15) is 44.7 Å². The monoisotopic (exact) mass is 219 g/mol. The summed E-state index contributed by atoms with van der Waals surface area (Å²) in [6.45, 7) is 6.60. The van der Waals surface area contributed by atoms with Gasteiger partial charge in [-0.15, -0.1) is 0 Å². The van der Waals surface area contributed by atoms with E-state index in [2.05, 4.69) is 32.9 Å². The summed E-state index contributed by atoms with van der Waals surface area (Å²) in [6.07, 6.45) is 2.20. The fraction of sp³-hybridized carbons (Fsp3) is 0.571. The summed E-state index contributed by atoms with van der Waals surface area (Å²) in [7, 11) is 1.72. The van der Waals surface area contributed by atoms with Crippen molar-refractivity contribution in [1.29, 1.82) is 0 Å². The first kappa shape index (κ1) is 11.5. The van der Waals surface area contributed by atoms with Crippen LogP contribution in [0.5, 0.6) is 5.75 Å². The summed E-state index contributed by atoms with van der Waals surface area (Å²) in [5, 5.41) is 0. The highest BCUT2D eigenvalue weighted by atomic mass is 16.5. The lowest BCUT2D eigenvalue weighted by atomic mass is 9.84. The predicted octanol–water partition coefficient (Wildman–Crippen LogP) is 2.94. The van der Waals surface area contributed by atoms with Gasteiger partial charge in [0.25, 0.3) is 0 Å². The van der Waals surface area contributed by atoms with Crippen LogP contribution in [0.3, 0.4) is 0 Å². The van der Waals surface area contributed by atoms with Gasteiger partial charge in [-0.25, -0.2) is 0 Å². The molecule has 0 aliphatic heterocycles. The first-order valence-corrected chi connectivity index (χ1v) is 5.85. The smallest absolute Gasteiger partial charge is 0.122 e. The van der Waals surface area contributed by atoms with Gasteiger partial charge in [0.1, 0.15) is 5.75 Å². The fourth-order valence-corrected chi connectivity index (χ4v) is 2.03. The van der Waals surface area contributed by atoms with E-state index in [0.717, 1.165) is 18.6 Å². The lowest BCUT2D eigenvalue weighted by Gasteiger charge is -2.24. The molecule has 1 aromatic carbocycles. The van der Waals surface area contributed by atoms with Crippen molar-refractivity contribution < 1.29 is 4.74 Å². The van der Waals surface area contributed by atoms with Crippen molar-refractivity contribution in [3.05, 3.63) is 29.3 Å². The van der Waals surface area contributed by atoms with E-state index in [1.54, 1.807) is 7.11 Å². The van der Waals surface area contributed by atoms with E-state index >= 15 is 0 Å². The Morgan fingerprint density at radius 2 is 1.88 bits per heavy atom. The molecule has 2 nitrogen and oxygen atoms in total.